The fourth-order valence-corrected chi connectivity index (χ4v) is 1.85. The third-order valence-corrected chi connectivity index (χ3v) is 2.71. The molecule has 2 N–H and O–H groups in total. The lowest BCUT2D eigenvalue weighted by Gasteiger charge is -2.32. The van der Waals surface area contributed by atoms with Crippen LogP contribution in [0.2, 0.25) is 0 Å². The van der Waals surface area contributed by atoms with Crippen LogP contribution in [0.25, 0.3) is 0 Å². The average molecular weight is 200 g/mol. The van der Waals surface area contributed by atoms with Gasteiger partial charge in [0.05, 0.1) is 0 Å². The largest absolute Gasteiger partial charge is 0.480 e. The molecule has 0 aromatic heterocycles. The fraction of sp³-hybridized carbons (Fsp3) is 0.900. The van der Waals surface area contributed by atoms with Crippen LogP contribution >= 0.6 is 0 Å². The second-order valence-corrected chi connectivity index (χ2v) is 3.78. The van der Waals surface area contributed by atoms with Crippen molar-refractivity contribution in [3.8, 4) is 0 Å². The van der Waals surface area contributed by atoms with Gasteiger partial charge in [-0.05, 0) is 6.42 Å². The van der Waals surface area contributed by atoms with E-state index in [1.165, 1.54) is 0 Å². The molecule has 0 saturated carbocycles. The highest BCUT2D eigenvalue weighted by Crippen LogP contribution is 2.10. The maximum absolute atomic E-state index is 11.0. The number of aliphatic carboxylic acids is 1. The number of rotatable bonds is 5. The van der Waals surface area contributed by atoms with E-state index in [4.69, 9.17) is 5.11 Å². The van der Waals surface area contributed by atoms with Crippen LogP contribution in [0, 0.1) is 0 Å². The minimum Gasteiger partial charge on any atom is -0.480 e. The van der Waals surface area contributed by atoms with Crippen molar-refractivity contribution < 1.29 is 9.90 Å². The highest BCUT2D eigenvalue weighted by Gasteiger charge is 2.25. The van der Waals surface area contributed by atoms with E-state index in [-0.39, 0.29) is 6.04 Å². The van der Waals surface area contributed by atoms with Gasteiger partial charge in [0.2, 0.25) is 0 Å². The first-order chi connectivity index (χ1) is 6.75. The van der Waals surface area contributed by atoms with Crippen LogP contribution < -0.4 is 5.32 Å². The normalized spacial score (nSPS) is 20.6. The lowest BCUT2D eigenvalue weighted by molar-refractivity contribution is -0.143. The maximum Gasteiger partial charge on any atom is 0.320 e. The molecule has 0 spiro atoms. The first-order valence-electron chi connectivity index (χ1n) is 5.43. The molecular formula is C10H20N2O2. The number of hydrogen-bond donors (Lipinski definition) is 2. The molecule has 1 unspecified atom stereocenters. The van der Waals surface area contributed by atoms with E-state index < -0.39 is 5.97 Å². The van der Waals surface area contributed by atoms with Crippen LogP contribution in [0.4, 0.5) is 0 Å². The quantitative estimate of drug-likeness (QED) is 0.680. The molecule has 4 nitrogen and oxygen atoms in total. The Balaban J connectivity index is 2.43. The van der Waals surface area contributed by atoms with Crippen molar-refractivity contribution in [1.29, 1.82) is 0 Å². The average Bonchev–Trinajstić information content (AvgIpc) is 2.19. The van der Waals surface area contributed by atoms with Gasteiger partial charge in [-0.2, -0.15) is 0 Å². The second kappa shape index (κ2) is 5.98. The molecule has 1 aliphatic heterocycles. The van der Waals surface area contributed by atoms with E-state index in [0.717, 1.165) is 45.4 Å². The Hall–Kier alpha value is -0.610. The Bertz CT molecular complexity index is 179. The number of unbranched alkanes of at least 4 members (excludes halogenated alkanes) is 1. The van der Waals surface area contributed by atoms with Gasteiger partial charge in [-0.1, -0.05) is 19.8 Å². The molecule has 1 atom stereocenters. The Labute approximate surface area is 85.3 Å². The number of nitrogens with one attached hydrogen (secondary N) is 1. The minimum atomic E-state index is -0.666. The summed E-state index contributed by atoms with van der Waals surface area (Å²) in [7, 11) is 0. The lowest BCUT2D eigenvalue weighted by atomic mass is 10.1. The molecule has 0 aromatic carbocycles. The Morgan fingerprint density at radius 3 is 2.64 bits per heavy atom. The first kappa shape index (κ1) is 11.5. The van der Waals surface area contributed by atoms with Gasteiger partial charge in [-0.25, -0.2) is 0 Å². The van der Waals surface area contributed by atoms with Crippen molar-refractivity contribution in [2.24, 2.45) is 0 Å². The van der Waals surface area contributed by atoms with Crippen LogP contribution in [0.15, 0.2) is 0 Å². The van der Waals surface area contributed by atoms with Gasteiger partial charge in [0.1, 0.15) is 6.04 Å². The predicted octanol–water partition coefficient (Wildman–Crippen LogP) is 0.535. The molecule has 0 bridgehead atoms. The monoisotopic (exact) mass is 200 g/mol. The van der Waals surface area contributed by atoms with E-state index in [0.29, 0.717) is 0 Å². The summed E-state index contributed by atoms with van der Waals surface area (Å²) in [6.45, 7) is 5.64. The maximum atomic E-state index is 11.0. The molecule has 0 radical (unpaired) electrons. The van der Waals surface area contributed by atoms with Crippen molar-refractivity contribution in [2.75, 3.05) is 26.2 Å². The van der Waals surface area contributed by atoms with E-state index in [9.17, 15) is 4.79 Å². The summed E-state index contributed by atoms with van der Waals surface area (Å²) in [6.07, 6.45) is 2.85. The van der Waals surface area contributed by atoms with Crippen molar-refractivity contribution in [1.82, 2.24) is 10.2 Å². The number of nitrogens with zero attached hydrogens (tertiary/aromatic N) is 1. The number of carboxylic acids is 1. The van der Waals surface area contributed by atoms with Crippen molar-refractivity contribution in [2.45, 2.75) is 32.2 Å². The molecule has 4 heteroatoms. The second-order valence-electron chi connectivity index (χ2n) is 3.78. The van der Waals surface area contributed by atoms with Gasteiger partial charge < -0.3 is 10.4 Å². The zero-order chi connectivity index (χ0) is 10.4. The molecule has 1 rings (SSSR count). The SMILES string of the molecule is CCCCC(C(=O)O)N1CCNCC1. The Morgan fingerprint density at radius 1 is 1.50 bits per heavy atom. The third-order valence-electron chi connectivity index (χ3n) is 2.71. The predicted molar refractivity (Wildman–Crippen MR) is 55.4 cm³/mol. The van der Waals surface area contributed by atoms with E-state index >= 15 is 0 Å². The molecule has 0 aliphatic carbocycles. The van der Waals surface area contributed by atoms with E-state index in [2.05, 4.69) is 17.1 Å². The molecule has 1 heterocycles. The van der Waals surface area contributed by atoms with Crippen LogP contribution in [-0.4, -0.2) is 48.2 Å². The van der Waals surface area contributed by atoms with Gasteiger partial charge in [0, 0.05) is 26.2 Å². The lowest BCUT2D eigenvalue weighted by Crippen LogP contribution is -2.51. The van der Waals surface area contributed by atoms with Gasteiger partial charge in [0.15, 0.2) is 0 Å². The molecule has 82 valence electrons. The van der Waals surface area contributed by atoms with E-state index in [1.54, 1.807) is 0 Å². The molecule has 14 heavy (non-hydrogen) atoms. The minimum absolute atomic E-state index is 0.267. The molecule has 1 fully saturated rings. The van der Waals surface area contributed by atoms with Crippen LogP contribution in [0.1, 0.15) is 26.2 Å². The van der Waals surface area contributed by atoms with Gasteiger partial charge in [0.25, 0.3) is 0 Å². The summed E-state index contributed by atoms with van der Waals surface area (Å²) in [6, 6.07) is -0.267. The molecule has 1 aliphatic rings. The van der Waals surface area contributed by atoms with Crippen LogP contribution in [0.3, 0.4) is 0 Å². The molecular weight excluding hydrogens is 180 g/mol. The molecule has 0 amide bonds. The third kappa shape index (κ3) is 3.27. The number of piperazine rings is 1. The summed E-state index contributed by atoms with van der Waals surface area (Å²) >= 11 is 0. The van der Waals surface area contributed by atoms with Gasteiger partial charge in [-0.3, -0.25) is 9.69 Å². The number of carboxylic acid groups (broad SMARTS) is 1. The summed E-state index contributed by atoms with van der Waals surface area (Å²) in [5.74, 6) is -0.666. The topological polar surface area (TPSA) is 52.6 Å². The summed E-state index contributed by atoms with van der Waals surface area (Å²) in [4.78, 5) is 13.1. The Morgan fingerprint density at radius 2 is 2.14 bits per heavy atom. The zero-order valence-electron chi connectivity index (χ0n) is 8.83. The molecule has 0 aromatic rings. The Kier molecular flexibility index (Phi) is 4.90. The first-order valence-corrected chi connectivity index (χ1v) is 5.43. The smallest absolute Gasteiger partial charge is 0.320 e. The van der Waals surface area contributed by atoms with Crippen molar-refractivity contribution in [3.63, 3.8) is 0 Å². The van der Waals surface area contributed by atoms with Crippen LogP contribution in [0.5, 0.6) is 0 Å². The zero-order valence-corrected chi connectivity index (χ0v) is 8.83. The number of hydrogen-bond acceptors (Lipinski definition) is 3. The van der Waals surface area contributed by atoms with Gasteiger partial charge in [-0.15, -0.1) is 0 Å². The van der Waals surface area contributed by atoms with E-state index in [1.807, 2.05) is 0 Å². The van der Waals surface area contributed by atoms with Crippen molar-refractivity contribution >= 4 is 5.97 Å². The summed E-state index contributed by atoms with van der Waals surface area (Å²) in [5, 5.41) is 12.3. The highest BCUT2D eigenvalue weighted by molar-refractivity contribution is 5.73. The van der Waals surface area contributed by atoms with Crippen LogP contribution in [-0.2, 0) is 4.79 Å². The fourth-order valence-electron chi connectivity index (χ4n) is 1.85. The summed E-state index contributed by atoms with van der Waals surface area (Å²) in [5.41, 5.74) is 0. The number of carbonyl (C=O) groups is 1. The van der Waals surface area contributed by atoms with Crippen molar-refractivity contribution in [3.05, 3.63) is 0 Å². The molecule has 1 saturated heterocycles. The highest BCUT2D eigenvalue weighted by atomic mass is 16.4. The van der Waals surface area contributed by atoms with Gasteiger partial charge >= 0.3 is 5.97 Å². The summed E-state index contributed by atoms with van der Waals surface area (Å²) < 4.78 is 0. The standard InChI is InChI=1S/C10H20N2O2/c1-2-3-4-9(10(13)14)12-7-5-11-6-8-12/h9,11H,2-8H2,1H3,(H,13,14).